The molecule has 2 aromatic heterocycles. The summed E-state index contributed by atoms with van der Waals surface area (Å²) in [7, 11) is -3.65. The topological polar surface area (TPSA) is 120 Å². The third-order valence-electron chi connectivity index (χ3n) is 5.35. The maximum Gasteiger partial charge on any atom is 0.240 e. The van der Waals surface area contributed by atoms with E-state index in [2.05, 4.69) is 19.7 Å². The molecule has 0 amide bonds. The molecule has 4 rings (SSSR count). The molecule has 0 aliphatic carbocycles. The minimum Gasteiger partial charge on any atom is -0.382 e. The van der Waals surface area contributed by atoms with Crippen molar-refractivity contribution in [3.63, 3.8) is 0 Å². The Morgan fingerprint density at radius 1 is 1.19 bits per heavy atom. The maximum absolute atomic E-state index is 12.9. The molecule has 10 heteroatoms. The predicted molar refractivity (Wildman–Crippen MR) is 121 cm³/mol. The first-order valence-electron chi connectivity index (χ1n) is 10.1. The molecule has 1 saturated heterocycles. The van der Waals surface area contributed by atoms with Crippen LogP contribution in [0.1, 0.15) is 23.4 Å². The Hall–Kier alpha value is -2.40. The molecule has 0 saturated carbocycles. The van der Waals surface area contributed by atoms with Gasteiger partial charge in [0.15, 0.2) is 5.82 Å². The molecule has 0 atom stereocenters. The highest BCUT2D eigenvalue weighted by molar-refractivity contribution is 7.89. The number of aryl methyl sites for hydroxylation is 2. The number of nitrogens with zero attached hydrogens (tertiary/aromatic N) is 3. The van der Waals surface area contributed by atoms with Gasteiger partial charge in [-0.15, -0.1) is 11.3 Å². The number of hydrogen-bond acceptors (Lipinski definition) is 8. The molecule has 1 aromatic carbocycles. The van der Waals surface area contributed by atoms with Crippen LogP contribution in [0.15, 0.2) is 35.5 Å². The van der Waals surface area contributed by atoms with Gasteiger partial charge in [0.1, 0.15) is 5.69 Å². The summed E-state index contributed by atoms with van der Waals surface area (Å²) in [5.41, 5.74) is 8.76. The van der Waals surface area contributed by atoms with Crippen molar-refractivity contribution < 1.29 is 13.2 Å². The Bertz CT molecular complexity index is 1190. The lowest BCUT2D eigenvalue weighted by Crippen LogP contribution is -2.32. The van der Waals surface area contributed by atoms with Crippen LogP contribution >= 0.6 is 11.3 Å². The second kappa shape index (κ2) is 8.99. The van der Waals surface area contributed by atoms with E-state index in [-0.39, 0.29) is 4.90 Å². The van der Waals surface area contributed by atoms with E-state index in [9.17, 15) is 8.42 Å². The fraction of sp³-hybridized carbons (Fsp3) is 0.381. The number of nitrogen functional groups attached to an aromatic ring is 1. The Kier molecular flexibility index (Phi) is 6.33. The van der Waals surface area contributed by atoms with Crippen LogP contribution in [-0.2, 0) is 14.8 Å². The standard InChI is InChI=1S/C21H25N5O3S2/c1-13-3-4-16(31(27,28)25-10-15-5-7-29-8-6-15)9-17(13)18-11-24-21(22)20(26-18)19-12-23-14(2)30-19/h3-4,9,11-12,15,25H,5-8,10H2,1-2H3,(H2,22,24). The van der Waals surface area contributed by atoms with E-state index >= 15 is 0 Å². The van der Waals surface area contributed by atoms with Gasteiger partial charge in [-0.25, -0.2) is 28.1 Å². The highest BCUT2D eigenvalue weighted by Gasteiger charge is 2.21. The molecule has 3 aromatic rings. The molecule has 1 aliphatic rings. The van der Waals surface area contributed by atoms with Crippen molar-refractivity contribution >= 4 is 27.2 Å². The molecule has 0 unspecified atom stereocenters. The molecule has 1 fully saturated rings. The third kappa shape index (κ3) is 4.93. The van der Waals surface area contributed by atoms with Crippen molar-refractivity contribution in [3.8, 4) is 21.8 Å². The molecule has 3 N–H and O–H groups in total. The summed E-state index contributed by atoms with van der Waals surface area (Å²) >= 11 is 1.48. The van der Waals surface area contributed by atoms with Crippen LogP contribution in [0.25, 0.3) is 21.8 Å². The zero-order chi connectivity index (χ0) is 22.0. The van der Waals surface area contributed by atoms with E-state index < -0.39 is 10.0 Å². The van der Waals surface area contributed by atoms with Gasteiger partial charge in [0.25, 0.3) is 0 Å². The highest BCUT2D eigenvalue weighted by Crippen LogP contribution is 2.31. The molecule has 8 nitrogen and oxygen atoms in total. The number of aromatic nitrogens is 3. The van der Waals surface area contributed by atoms with Crippen LogP contribution in [0.3, 0.4) is 0 Å². The fourth-order valence-electron chi connectivity index (χ4n) is 3.49. The van der Waals surface area contributed by atoms with Crippen LogP contribution in [0, 0.1) is 19.8 Å². The van der Waals surface area contributed by atoms with E-state index in [1.165, 1.54) is 11.3 Å². The average molecular weight is 460 g/mol. The summed E-state index contributed by atoms with van der Waals surface area (Å²) in [6, 6.07) is 5.04. The van der Waals surface area contributed by atoms with Gasteiger partial charge in [-0.3, -0.25) is 0 Å². The number of nitrogens with one attached hydrogen (secondary N) is 1. The number of benzene rings is 1. The lowest BCUT2D eigenvalue weighted by molar-refractivity contribution is 0.0678. The molecule has 0 bridgehead atoms. The number of nitrogens with two attached hydrogens (primary N) is 1. The van der Waals surface area contributed by atoms with Crippen molar-refractivity contribution in [1.29, 1.82) is 0 Å². The van der Waals surface area contributed by atoms with E-state index in [1.54, 1.807) is 30.6 Å². The fourth-order valence-corrected chi connectivity index (χ4v) is 5.40. The number of anilines is 1. The van der Waals surface area contributed by atoms with E-state index in [0.717, 1.165) is 28.3 Å². The van der Waals surface area contributed by atoms with Gasteiger partial charge in [0.05, 0.1) is 26.7 Å². The highest BCUT2D eigenvalue weighted by atomic mass is 32.2. The number of ether oxygens (including phenoxy) is 1. The number of thiazole rings is 1. The molecule has 0 radical (unpaired) electrons. The summed E-state index contributed by atoms with van der Waals surface area (Å²) in [6.07, 6.45) is 5.02. The summed E-state index contributed by atoms with van der Waals surface area (Å²) in [5.74, 6) is 0.605. The van der Waals surface area contributed by atoms with Crippen LogP contribution in [-0.4, -0.2) is 43.1 Å². The molecule has 1 aliphatic heterocycles. The van der Waals surface area contributed by atoms with Crippen LogP contribution in [0.4, 0.5) is 5.82 Å². The largest absolute Gasteiger partial charge is 0.382 e. The smallest absolute Gasteiger partial charge is 0.240 e. The quantitative estimate of drug-likeness (QED) is 0.581. The summed E-state index contributed by atoms with van der Waals surface area (Å²) < 4.78 is 33.9. The summed E-state index contributed by atoms with van der Waals surface area (Å²) in [5, 5.41) is 0.904. The predicted octanol–water partition coefficient (Wildman–Crippen LogP) is 3.17. The Morgan fingerprint density at radius 2 is 1.97 bits per heavy atom. The molecule has 31 heavy (non-hydrogen) atoms. The van der Waals surface area contributed by atoms with Gasteiger partial charge in [-0.1, -0.05) is 6.07 Å². The lowest BCUT2D eigenvalue weighted by atomic mass is 10.0. The zero-order valence-corrected chi connectivity index (χ0v) is 19.1. The van der Waals surface area contributed by atoms with E-state index in [0.29, 0.717) is 48.4 Å². The Balaban J connectivity index is 1.63. The lowest BCUT2D eigenvalue weighted by Gasteiger charge is -2.22. The SMILES string of the molecule is Cc1ncc(-c2nc(-c3cc(S(=O)(=O)NCC4CCOCC4)ccc3C)cnc2N)s1. The minimum absolute atomic E-state index is 0.203. The van der Waals surface area contributed by atoms with Gasteiger partial charge in [0, 0.05) is 31.5 Å². The van der Waals surface area contributed by atoms with Crippen molar-refractivity contribution in [2.45, 2.75) is 31.6 Å². The van der Waals surface area contributed by atoms with Gasteiger partial charge in [-0.2, -0.15) is 0 Å². The van der Waals surface area contributed by atoms with Gasteiger partial charge in [0.2, 0.25) is 10.0 Å². The molecular weight excluding hydrogens is 434 g/mol. The van der Waals surface area contributed by atoms with Crippen LogP contribution in [0.5, 0.6) is 0 Å². The molecule has 0 spiro atoms. The summed E-state index contributed by atoms with van der Waals surface area (Å²) in [6.45, 7) is 5.59. The Morgan fingerprint density at radius 3 is 2.68 bits per heavy atom. The number of rotatable bonds is 6. The Labute approximate surface area is 186 Å². The van der Waals surface area contributed by atoms with Crippen molar-refractivity contribution in [1.82, 2.24) is 19.7 Å². The van der Waals surface area contributed by atoms with Gasteiger partial charge >= 0.3 is 0 Å². The minimum atomic E-state index is -3.65. The summed E-state index contributed by atoms with van der Waals surface area (Å²) in [4.78, 5) is 14.3. The van der Waals surface area contributed by atoms with Crippen LogP contribution in [0.2, 0.25) is 0 Å². The van der Waals surface area contributed by atoms with Gasteiger partial charge in [-0.05, 0) is 50.3 Å². The monoisotopic (exact) mass is 459 g/mol. The van der Waals surface area contributed by atoms with Crippen molar-refractivity contribution in [2.24, 2.45) is 5.92 Å². The zero-order valence-electron chi connectivity index (χ0n) is 17.5. The van der Waals surface area contributed by atoms with Crippen LogP contribution < -0.4 is 10.5 Å². The maximum atomic E-state index is 12.9. The second-order valence-corrected chi connectivity index (χ2v) is 10.6. The first-order chi connectivity index (χ1) is 14.8. The normalized spacial score (nSPS) is 15.3. The van der Waals surface area contributed by atoms with E-state index in [1.807, 2.05) is 13.8 Å². The number of sulfonamides is 1. The first-order valence-corrected chi connectivity index (χ1v) is 12.4. The van der Waals surface area contributed by atoms with E-state index in [4.69, 9.17) is 10.5 Å². The molecule has 164 valence electrons. The van der Waals surface area contributed by atoms with Crippen molar-refractivity contribution in [2.75, 3.05) is 25.5 Å². The van der Waals surface area contributed by atoms with Crippen molar-refractivity contribution in [3.05, 3.63) is 41.2 Å². The molecule has 3 heterocycles. The average Bonchev–Trinajstić information content (AvgIpc) is 3.20. The number of hydrogen-bond donors (Lipinski definition) is 2. The second-order valence-electron chi connectivity index (χ2n) is 7.62. The third-order valence-corrected chi connectivity index (χ3v) is 7.69. The molecular formula is C21H25N5O3S2. The first kappa shape index (κ1) is 21.8. The van der Waals surface area contributed by atoms with Gasteiger partial charge < -0.3 is 10.5 Å².